The van der Waals surface area contributed by atoms with E-state index in [1.165, 1.54) is 30.3 Å². The molecule has 3 rings (SSSR count). The molecule has 0 aliphatic carbocycles. The van der Waals surface area contributed by atoms with E-state index < -0.39 is 30.1 Å². The average Bonchev–Trinajstić information content (AvgIpc) is 2.93. The van der Waals surface area contributed by atoms with Crippen LogP contribution in [0.4, 0.5) is 22.7 Å². The number of hydrogen-bond donors (Lipinski definition) is 1. The summed E-state index contributed by atoms with van der Waals surface area (Å²) in [5.74, 6) is -1.07. The van der Waals surface area contributed by atoms with Crippen LogP contribution in [0.3, 0.4) is 0 Å². The number of anilines is 1. The summed E-state index contributed by atoms with van der Waals surface area (Å²) in [7, 11) is 0. The molecule has 0 aliphatic heterocycles. The summed E-state index contributed by atoms with van der Waals surface area (Å²) >= 11 is 1.08. The summed E-state index contributed by atoms with van der Waals surface area (Å²) in [4.78, 5) is 16.0. The molecule has 0 saturated heterocycles. The lowest BCUT2D eigenvalue weighted by Gasteiger charge is -2.09. The molecule has 1 amide bonds. The quantitative estimate of drug-likeness (QED) is 0.690. The molecule has 0 spiro atoms. The van der Waals surface area contributed by atoms with Crippen LogP contribution < -0.4 is 10.1 Å². The Morgan fingerprint density at radius 3 is 2.76 bits per heavy atom. The Hall–Kier alpha value is -2.68. The second-order valence-electron chi connectivity index (χ2n) is 4.99. The van der Waals surface area contributed by atoms with Crippen molar-refractivity contribution in [3.8, 4) is 5.75 Å². The molecule has 0 unspecified atom stereocenters. The number of nitrogens with one attached hydrogen (secondary N) is 1. The maximum Gasteiger partial charge on any atom is 0.416 e. The number of ether oxygens (including phenoxy) is 1. The van der Waals surface area contributed by atoms with Gasteiger partial charge < -0.3 is 4.74 Å². The van der Waals surface area contributed by atoms with Crippen LogP contribution in [0, 0.1) is 5.82 Å². The Kier molecular flexibility index (Phi) is 4.58. The highest BCUT2D eigenvalue weighted by atomic mass is 32.1. The zero-order chi connectivity index (χ0) is 18.0. The fourth-order valence-corrected chi connectivity index (χ4v) is 2.93. The predicted molar refractivity (Wildman–Crippen MR) is 85.1 cm³/mol. The number of hydrogen-bond acceptors (Lipinski definition) is 4. The van der Waals surface area contributed by atoms with Crippen molar-refractivity contribution >= 4 is 32.6 Å². The van der Waals surface area contributed by atoms with E-state index in [0.717, 1.165) is 23.5 Å². The van der Waals surface area contributed by atoms with Crippen LogP contribution in [0.25, 0.3) is 10.2 Å². The van der Waals surface area contributed by atoms with Crippen LogP contribution in [0.15, 0.2) is 42.5 Å². The van der Waals surface area contributed by atoms with Crippen molar-refractivity contribution in [3.05, 3.63) is 53.8 Å². The highest BCUT2D eigenvalue weighted by Gasteiger charge is 2.30. The third-order valence-corrected chi connectivity index (χ3v) is 4.06. The number of nitrogens with zero attached hydrogens (tertiary/aromatic N) is 1. The maximum atomic E-state index is 13.1. The van der Waals surface area contributed by atoms with Crippen LogP contribution >= 0.6 is 11.3 Å². The van der Waals surface area contributed by atoms with Crippen LogP contribution in [0.5, 0.6) is 5.75 Å². The molecule has 25 heavy (non-hydrogen) atoms. The van der Waals surface area contributed by atoms with E-state index in [-0.39, 0.29) is 10.9 Å². The molecule has 0 aliphatic rings. The molecule has 1 aromatic heterocycles. The Labute approximate surface area is 143 Å². The number of carbonyl (C=O) groups excluding carboxylic acids is 1. The molecule has 1 N–H and O–H groups in total. The number of carbonyl (C=O) groups is 1. The first-order chi connectivity index (χ1) is 11.8. The first kappa shape index (κ1) is 17.2. The summed E-state index contributed by atoms with van der Waals surface area (Å²) in [6.45, 7) is -0.481. The van der Waals surface area contributed by atoms with Crippen molar-refractivity contribution in [1.29, 1.82) is 0 Å². The summed E-state index contributed by atoms with van der Waals surface area (Å²) < 4.78 is 56.6. The lowest BCUT2D eigenvalue weighted by atomic mass is 10.2. The van der Waals surface area contributed by atoms with Gasteiger partial charge in [0.25, 0.3) is 5.91 Å². The summed E-state index contributed by atoms with van der Waals surface area (Å²) in [6, 6.07) is 8.27. The Morgan fingerprint density at radius 1 is 1.20 bits per heavy atom. The smallest absolute Gasteiger partial charge is 0.416 e. The van der Waals surface area contributed by atoms with Crippen molar-refractivity contribution < 1.29 is 27.1 Å². The monoisotopic (exact) mass is 370 g/mol. The largest absolute Gasteiger partial charge is 0.484 e. The predicted octanol–water partition coefficient (Wildman–Crippen LogP) is 4.47. The lowest BCUT2D eigenvalue weighted by Crippen LogP contribution is -2.20. The van der Waals surface area contributed by atoms with E-state index in [0.29, 0.717) is 10.2 Å². The van der Waals surface area contributed by atoms with Crippen LogP contribution in [-0.4, -0.2) is 17.5 Å². The van der Waals surface area contributed by atoms with Gasteiger partial charge in [-0.2, -0.15) is 13.2 Å². The van der Waals surface area contributed by atoms with Crippen molar-refractivity contribution in [2.45, 2.75) is 6.18 Å². The minimum atomic E-state index is -4.49. The zero-order valence-corrected chi connectivity index (χ0v) is 13.2. The molecule has 1 heterocycles. The van der Waals surface area contributed by atoms with Gasteiger partial charge >= 0.3 is 6.18 Å². The van der Waals surface area contributed by atoms with Crippen molar-refractivity contribution in [1.82, 2.24) is 4.98 Å². The summed E-state index contributed by atoms with van der Waals surface area (Å²) in [6.07, 6.45) is -4.49. The maximum absolute atomic E-state index is 13.1. The number of thiazole rings is 1. The molecule has 0 atom stereocenters. The minimum Gasteiger partial charge on any atom is -0.484 e. The molecule has 3 aromatic rings. The number of benzene rings is 2. The van der Waals surface area contributed by atoms with Gasteiger partial charge in [-0.15, -0.1) is 0 Å². The van der Waals surface area contributed by atoms with Gasteiger partial charge in [0.15, 0.2) is 11.7 Å². The van der Waals surface area contributed by atoms with E-state index in [4.69, 9.17) is 4.74 Å². The lowest BCUT2D eigenvalue weighted by molar-refractivity contribution is -0.137. The number of amides is 1. The van der Waals surface area contributed by atoms with Crippen molar-refractivity contribution in [2.24, 2.45) is 0 Å². The molecular formula is C16H10F4N2O2S. The number of alkyl halides is 3. The van der Waals surface area contributed by atoms with Gasteiger partial charge in [-0.25, -0.2) is 9.37 Å². The molecule has 4 nitrogen and oxygen atoms in total. The number of halogens is 4. The summed E-state index contributed by atoms with van der Waals surface area (Å²) in [5, 5.41) is 2.71. The van der Waals surface area contributed by atoms with Crippen molar-refractivity contribution in [2.75, 3.05) is 11.9 Å². The van der Waals surface area contributed by atoms with Crippen LogP contribution in [0.1, 0.15) is 5.56 Å². The molecule has 2 aromatic carbocycles. The third kappa shape index (κ3) is 4.24. The average molecular weight is 370 g/mol. The van der Waals surface area contributed by atoms with E-state index in [1.54, 1.807) is 0 Å². The molecular weight excluding hydrogens is 360 g/mol. The Morgan fingerprint density at radius 2 is 2.00 bits per heavy atom. The van der Waals surface area contributed by atoms with E-state index >= 15 is 0 Å². The highest BCUT2D eigenvalue weighted by Crippen LogP contribution is 2.31. The van der Waals surface area contributed by atoms with Gasteiger partial charge in [0.1, 0.15) is 11.6 Å². The first-order valence-corrected chi connectivity index (χ1v) is 7.79. The topological polar surface area (TPSA) is 51.2 Å². The van der Waals surface area contributed by atoms with E-state index in [9.17, 15) is 22.4 Å². The highest BCUT2D eigenvalue weighted by molar-refractivity contribution is 7.22. The SMILES string of the molecule is O=C(COc1cccc(C(F)(F)F)c1)Nc1nc2ccc(F)cc2s1. The fraction of sp³-hybridized carbons (Fsp3) is 0.125. The molecule has 130 valence electrons. The summed E-state index contributed by atoms with van der Waals surface area (Å²) in [5.41, 5.74) is -0.334. The molecule has 0 saturated carbocycles. The van der Waals surface area contributed by atoms with Crippen LogP contribution in [0.2, 0.25) is 0 Å². The van der Waals surface area contributed by atoms with Gasteiger partial charge in [-0.05, 0) is 36.4 Å². The first-order valence-electron chi connectivity index (χ1n) is 6.97. The van der Waals surface area contributed by atoms with Gasteiger partial charge in [0, 0.05) is 0 Å². The standard InChI is InChI=1S/C16H10F4N2O2S/c17-10-4-5-12-13(7-10)25-15(21-12)22-14(23)8-24-11-3-1-2-9(6-11)16(18,19)20/h1-7H,8H2,(H,21,22,23). The molecule has 0 radical (unpaired) electrons. The van der Waals surface area contributed by atoms with Gasteiger partial charge in [0.2, 0.25) is 0 Å². The van der Waals surface area contributed by atoms with Gasteiger partial charge in [-0.3, -0.25) is 10.1 Å². The third-order valence-electron chi connectivity index (χ3n) is 3.13. The Bertz CT molecular complexity index is 924. The number of fused-ring (bicyclic) bond motifs is 1. The van der Waals surface area contributed by atoms with Gasteiger partial charge in [0.05, 0.1) is 15.8 Å². The second-order valence-corrected chi connectivity index (χ2v) is 6.02. The zero-order valence-electron chi connectivity index (χ0n) is 12.4. The van der Waals surface area contributed by atoms with E-state index in [1.807, 2.05) is 0 Å². The minimum absolute atomic E-state index is 0.0728. The second kappa shape index (κ2) is 6.67. The molecule has 0 bridgehead atoms. The molecule has 0 fully saturated rings. The van der Waals surface area contributed by atoms with Crippen LogP contribution in [-0.2, 0) is 11.0 Å². The Balaban J connectivity index is 1.62. The molecule has 9 heteroatoms. The van der Waals surface area contributed by atoms with Gasteiger partial charge in [-0.1, -0.05) is 17.4 Å². The fourth-order valence-electron chi connectivity index (χ4n) is 2.02. The van der Waals surface area contributed by atoms with E-state index in [2.05, 4.69) is 10.3 Å². The number of rotatable bonds is 4. The number of aromatic nitrogens is 1. The van der Waals surface area contributed by atoms with Crippen molar-refractivity contribution in [3.63, 3.8) is 0 Å². The normalized spacial score (nSPS) is 11.5.